The molecule has 1 aromatic heterocycles. The van der Waals surface area contributed by atoms with E-state index < -0.39 is 0 Å². The average molecular weight is 337 g/mol. The Hall–Kier alpha value is -1.58. The molecule has 22 heavy (non-hydrogen) atoms. The predicted molar refractivity (Wildman–Crippen MR) is 94.5 cm³/mol. The van der Waals surface area contributed by atoms with Gasteiger partial charge in [0.25, 0.3) is 0 Å². The summed E-state index contributed by atoms with van der Waals surface area (Å²) >= 11 is 12.9. The van der Waals surface area contributed by atoms with Crippen molar-refractivity contribution in [3.8, 4) is 5.75 Å². The lowest BCUT2D eigenvalue weighted by atomic mass is 10.1. The smallest absolute Gasteiger partial charge is 0.159 e. The zero-order valence-electron chi connectivity index (χ0n) is 12.2. The minimum absolute atomic E-state index is 0.199. The molecule has 0 radical (unpaired) electrons. The lowest BCUT2D eigenvalue weighted by molar-refractivity contribution is 0.210. The van der Waals surface area contributed by atoms with Crippen LogP contribution in [0.3, 0.4) is 0 Å². The molecule has 0 amide bonds. The van der Waals surface area contributed by atoms with Gasteiger partial charge in [0, 0.05) is 16.6 Å². The molecule has 0 atom stereocenters. The number of aromatic amines is 1. The highest BCUT2D eigenvalue weighted by Crippen LogP contribution is 2.42. The van der Waals surface area contributed by atoms with Crippen LogP contribution in [0.4, 0.5) is 0 Å². The van der Waals surface area contributed by atoms with E-state index in [-0.39, 0.29) is 6.10 Å². The SMILES string of the molecule is C=Cc1[nH]c2c(Cl)c(OC3CCCC3)c(Cl)cc2c1/C=C\N. The monoisotopic (exact) mass is 336 g/mol. The van der Waals surface area contributed by atoms with E-state index in [4.69, 9.17) is 33.7 Å². The summed E-state index contributed by atoms with van der Waals surface area (Å²) < 4.78 is 6.04. The first kappa shape index (κ1) is 15.3. The van der Waals surface area contributed by atoms with Crippen molar-refractivity contribution in [2.45, 2.75) is 31.8 Å². The molecular weight excluding hydrogens is 319 g/mol. The summed E-state index contributed by atoms with van der Waals surface area (Å²) in [7, 11) is 0. The number of halogens is 2. The van der Waals surface area contributed by atoms with Crippen LogP contribution < -0.4 is 10.5 Å². The van der Waals surface area contributed by atoms with Gasteiger partial charge in [-0.3, -0.25) is 0 Å². The Morgan fingerprint density at radius 3 is 2.68 bits per heavy atom. The van der Waals surface area contributed by atoms with Crippen molar-refractivity contribution in [2.24, 2.45) is 5.73 Å². The van der Waals surface area contributed by atoms with Gasteiger partial charge >= 0.3 is 0 Å². The molecule has 3 N–H and O–H groups in total. The molecule has 0 saturated heterocycles. The number of rotatable bonds is 4. The second kappa shape index (κ2) is 6.27. The molecule has 0 spiro atoms. The maximum absolute atomic E-state index is 6.54. The summed E-state index contributed by atoms with van der Waals surface area (Å²) in [4.78, 5) is 3.26. The number of nitrogens with one attached hydrogen (secondary N) is 1. The second-order valence-electron chi connectivity index (χ2n) is 5.46. The van der Waals surface area contributed by atoms with Gasteiger partial charge < -0.3 is 15.5 Å². The maximum atomic E-state index is 6.54. The van der Waals surface area contributed by atoms with Crippen LogP contribution in [0, 0.1) is 0 Å². The molecule has 1 heterocycles. The molecule has 2 aromatic rings. The van der Waals surface area contributed by atoms with E-state index in [9.17, 15) is 0 Å². The van der Waals surface area contributed by atoms with E-state index in [1.165, 1.54) is 19.0 Å². The van der Waals surface area contributed by atoms with Crippen LogP contribution in [0.5, 0.6) is 5.75 Å². The summed E-state index contributed by atoms with van der Waals surface area (Å²) in [5.74, 6) is 0.558. The summed E-state index contributed by atoms with van der Waals surface area (Å²) in [5, 5.41) is 1.94. The number of hydrogen-bond acceptors (Lipinski definition) is 2. The number of hydrogen-bond donors (Lipinski definition) is 2. The first-order valence-electron chi connectivity index (χ1n) is 7.36. The van der Waals surface area contributed by atoms with Crippen molar-refractivity contribution >= 4 is 46.3 Å². The minimum Gasteiger partial charge on any atom is -0.487 e. The van der Waals surface area contributed by atoms with Gasteiger partial charge in [-0.15, -0.1) is 0 Å². The summed E-state index contributed by atoms with van der Waals surface area (Å²) in [6, 6.07) is 1.87. The highest BCUT2D eigenvalue weighted by Gasteiger charge is 2.22. The Morgan fingerprint density at radius 1 is 1.32 bits per heavy atom. The fraction of sp³-hybridized carbons (Fsp3) is 0.294. The minimum atomic E-state index is 0.199. The Labute approximate surface area is 139 Å². The molecule has 1 aromatic carbocycles. The van der Waals surface area contributed by atoms with Gasteiger partial charge in [0.2, 0.25) is 0 Å². The van der Waals surface area contributed by atoms with Gasteiger partial charge in [0.1, 0.15) is 5.02 Å². The van der Waals surface area contributed by atoms with Crippen LogP contribution >= 0.6 is 23.2 Å². The number of ether oxygens (including phenoxy) is 1. The van der Waals surface area contributed by atoms with E-state index in [0.717, 1.165) is 35.0 Å². The fourth-order valence-corrected chi connectivity index (χ4v) is 3.59. The summed E-state index contributed by atoms with van der Waals surface area (Å²) in [5.41, 5.74) is 8.10. The zero-order valence-corrected chi connectivity index (χ0v) is 13.7. The number of aromatic nitrogens is 1. The first-order chi connectivity index (χ1) is 10.7. The van der Waals surface area contributed by atoms with Crippen molar-refractivity contribution in [2.75, 3.05) is 0 Å². The zero-order chi connectivity index (χ0) is 15.7. The van der Waals surface area contributed by atoms with E-state index in [2.05, 4.69) is 11.6 Å². The molecule has 0 unspecified atom stereocenters. The standard InChI is InChI=1S/C17H18Cl2N2O/c1-2-14-11(7-8-20)12-9-13(18)17(15(19)16(12)21-14)22-10-5-3-4-6-10/h2,7-10,21H,1,3-6,20H2/b8-7-. The van der Waals surface area contributed by atoms with Crippen LogP contribution in [-0.4, -0.2) is 11.1 Å². The number of fused-ring (bicyclic) bond motifs is 1. The molecule has 0 bridgehead atoms. The van der Waals surface area contributed by atoms with Gasteiger partial charge in [0.05, 0.1) is 16.6 Å². The maximum Gasteiger partial charge on any atom is 0.159 e. The van der Waals surface area contributed by atoms with Crippen LogP contribution in [0.15, 0.2) is 18.8 Å². The molecule has 1 aliphatic carbocycles. The van der Waals surface area contributed by atoms with E-state index in [1.807, 2.05) is 6.07 Å². The molecule has 5 heteroatoms. The Balaban J connectivity index is 2.13. The summed E-state index contributed by atoms with van der Waals surface area (Å²) in [6.07, 6.45) is 9.71. The Morgan fingerprint density at radius 2 is 2.05 bits per heavy atom. The average Bonchev–Trinajstić information content (AvgIpc) is 3.12. The van der Waals surface area contributed by atoms with Crippen molar-refractivity contribution < 1.29 is 4.74 Å². The van der Waals surface area contributed by atoms with Gasteiger partial charge in [-0.05, 0) is 50.1 Å². The van der Waals surface area contributed by atoms with Crippen LogP contribution in [0.1, 0.15) is 36.9 Å². The largest absolute Gasteiger partial charge is 0.487 e. The number of H-pyrrole nitrogens is 1. The third-order valence-corrected chi connectivity index (χ3v) is 4.71. The van der Waals surface area contributed by atoms with Crippen molar-refractivity contribution in [1.29, 1.82) is 0 Å². The van der Waals surface area contributed by atoms with Gasteiger partial charge in [-0.2, -0.15) is 0 Å². The van der Waals surface area contributed by atoms with Crippen LogP contribution in [-0.2, 0) is 0 Å². The van der Waals surface area contributed by atoms with Gasteiger partial charge in [0.15, 0.2) is 5.75 Å². The Kier molecular flexibility index (Phi) is 4.37. The fourth-order valence-electron chi connectivity index (χ4n) is 3.00. The normalized spacial score (nSPS) is 15.9. The number of nitrogens with two attached hydrogens (primary N) is 1. The molecule has 3 nitrogen and oxygen atoms in total. The highest BCUT2D eigenvalue weighted by atomic mass is 35.5. The second-order valence-corrected chi connectivity index (χ2v) is 6.25. The number of benzene rings is 1. The molecule has 3 rings (SSSR count). The van der Waals surface area contributed by atoms with Gasteiger partial charge in [-0.1, -0.05) is 29.8 Å². The molecule has 116 valence electrons. The molecule has 1 aliphatic rings. The molecule has 0 aliphatic heterocycles. The van der Waals surface area contributed by atoms with Gasteiger partial charge in [-0.25, -0.2) is 0 Å². The van der Waals surface area contributed by atoms with E-state index in [1.54, 1.807) is 12.2 Å². The van der Waals surface area contributed by atoms with E-state index >= 15 is 0 Å². The highest BCUT2D eigenvalue weighted by molar-refractivity contribution is 6.41. The third kappa shape index (κ3) is 2.59. The van der Waals surface area contributed by atoms with Crippen LogP contribution in [0.2, 0.25) is 10.0 Å². The lowest BCUT2D eigenvalue weighted by Crippen LogP contribution is -2.11. The van der Waals surface area contributed by atoms with Crippen molar-refractivity contribution in [3.05, 3.63) is 40.1 Å². The van der Waals surface area contributed by atoms with E-state index in [0.29, 0.717) is 15.8 Å². The summed E-state index contributed by atoms with van der Waals surface area (Å²) in [6.45, 7) is 3.81. The Bertz CT molecular complexity index is 743. The molecule has 1 fully saturated rings. The third-order valence-electron chi connectivity index (χ3n) is 4.07. The topological polar surface area (TPSA) is 51.0 Å². The molecular formula is C17H18Cl2N2O. The van der Waals surface area contributed by atoms with Crippen molar-refractivity contribution in [3.63, 3.8) is 0 Å². The van der Waals surface area contributed by atoms with Crippen LogP contribution in [0.25, 0.3) is 23.1 Å². The predicted octanol–water partition coefficient (Wildman–Crippen LogP) is 5.37. The quantitative estimate of drug-likeness (QED) is 0.788. The lowest BCUT2D eigenvalue weighted by Gasteiger charge is -2.16. The van der Waals surface area contributed by atoms with Crippen molar-refractivity contribution in [1.82, 2.24) is 4.98 Å². The molecule has 1 saturated carbocycles. The first-order valence-corrected chi connectivity index (χ1v) is 8.12.